The summed E-state index contributed by atoms with van der Waals surface area (Å²) in [7, 11) is -3.56. The molecule has 2 N–H and O–H groups in total. The molecular weight excluding hydrogens is 401 g/mol. The van der Waals surface area contributed by atoms with Crippen LogP contribution in [0, 0.1) is 10.1 Å². The fourth-order valence-corrected chi connectivity index (χ4v) is 4.76. The van der Waals surface area contributed by atoms with Crippen molar-refractivity contribution >= 4 is 13.8 Å². The number of nitro groups is 1. The van der Waals surface area contributed by atoms with Gasteiger partial charge in [0.25, 0.3) is 0 Å². The molecule has 0 saturated carbocycles. The fourth-order valence-electron chi connectivity index (χ4n) is 2.39. The molecule has 0 bridgehead atoms. The van der Waals surface area contributed by atoms with E-state index in [0.29, 0.717) is 5.56 Å². The van der Waals surface area contributed by atoms with Crippen molar-refractivity contribution in [3.8, 4) is 0 Å². The number of hydrogen-bond donors (Lipinski definition) is 2. The summed E-state index contributed by atoms with van der Waals surface area (Å²) in [5.74, 6) is 0. The summed E-state index contributed by atoms with van der Waals surface area (Å²) in [5.41, 5.74) is 0.336. The quantitative estimate of drug-likeness (QED) is 0.215. The van der Waals surface area contributed by atoms with E-state index in [1.54, 1.807) is 0 Å². The summed E-state index contributed by atoms with van der Waals surface area (Å²) in [5, 5.41) is 35.1. The fraction of sp³-hybridized carbons (Fsp3) is 0.667. The van der Waals surface area contributed by atoms with Crippen molar-refractivity contribution in [3.05, 3.63) is 39.9 Å². The monoisotopic (exact) mass is 433 g/mol. The number of hydrogen-bond acceptors (Lipinski definition) is 9. The Balaban J connectivity index is 2.91. The Labute approximate surface area is 171 Å². The van der Waals surface area contributed by atoms with Crippen molar-refractivity contribution in [1.82, 2.24) is 0 Å². The van der Waals surface area contributed by atoms with Crippen LogP contribution in [-0.2, 0) is 13.6 Å². The van der Waals surface area contributed by atoms with E-state index in [9.17, 15) is 20.3 Å². The van der Waals surface area contributed by atoms with Crippen LogP contribution in [0.15, 0.2) is 34.3 Å². The predicted octanol–water partition coefficient (Wildman–Crippen LogP) is 4.47. The molecule has 0 fully saturated rings. The molecule has 0 saturated heterocycles. The zero-order chi connectivity index (χ0) is 22.2. The van der Waals surface area contributed by atoms with Gasteiger partial charge >= 0.3 is 171 Å². The van der Waals surface area contributed by atoms with Crippen LogP contribution in [0.2, 0.25) is 0 Å². The SMILES string of the molecule is CC(C)O[PH](N=NC(O)CC(O)c1ccc([N+](=O)[O-])cc1)(OC(C)C)OC(C)C. The van der Waals surface area contributed by atoms with Crippen molar-refractivity contribution in [2.45, 2.75) is 78.6 Å². The van der Waals surface area contributed by atoms with E-state index >= 15 is 0 Å². The van der Waals surface area contributed by atoms with E-state index in [1.807, 2.05) is 41.5 Å². The van der Waals surface area contributed by atoms with Gasteiger partial charge in [0.1, 0.15) is 0 Å². The van der Waals surface area contributed by atoms with Crippen LogP contribution >= 0.6 is 8.09 Å². The van der Waals surface area contributed by atoms with E-state index in [4.69, 9.17) is 13.6 Å². The summed E-state index contributed by atoms with van der Waals surface area (Å²) >= 11 is 0. The van der Waals surface area contributed by atoms with E-state index in [0.717, 1.165) is 0 Å². The summed E-state index contributed by atoms with van der Waals surface area (Å²) < 4.78 is 17.5. The van der Waals surface area contributed by atoms with Crippen LogP contribution in [-0.4, -0.2) is 39.7 Å². The van der Waals surface area contributed by atoms with Gasteiger partial charge in [-0.25, -0.2) is 0 Å². The van der Waals surface area contributed by atoms with Crippen LogP contribution in [0.5, 0.6) is 0 Å². The Morgan fingerprint density at radius 3 is 1.79 bits per heavy atom. The molecule has 2 unspecified atom stereocenters. The summed E-state index contributed by atoms with van der Waals surface area (Å²) in [6.45, 7) is 10.9. The molecule has 1 rings (SSSR count). The second-order valence-electron chi connectivity index (χ2n) is 7.32. The number of benzene rings is 1. The molecule has 29 heavy (non-hydrogen) atoms. The molecule has 166 valence electrons. The first-order valence-electron chi connectivity index (χ1n) is 9.50. The maximum atomic E-state index is 10.7. The molecular formula is C18H32N3O7P. The Morgan fingerprint density at radius 1 is 0.966 bits per heavy atom. The second-order valence-corrected chi connectivity index (χ2v) is 9.27. The van der Waals surface area contributed by atoms with Crippen molar-refractivity contribution in [3.63, 3.8) is 0 Å². The molecule has 11 heteroatoms. The number of nitrogens with zero attached hydrogens (tertiary/aromatic N) is 3. The van der Waals surface area contributed by atoms with Gasteiger partial charge in [-0.15, -0.1) is 0 Å². The third-order valence-electron chi connectivity index (χ3n) is 3.39. The van der Waals surface area contributed by atoms with Crippen LogP contribution in [0.3, 0.4) is 0 Å². The van der Waals surface area contributed by atoms with E-state index in [2.05, 4.69) is 10.00 Å². The van der Waals surface area contributed by atoms with E-state index < -0.39 is 25.3 Å². The Morgan fingerprint density at radius 2 is 1.41 bits per heavy atom. The van der Waals surface area contributed by atoms with E-state index in [-0.39, 0.29) is 30.4 Å². The van der Waals surface area contributed by atoms with Crippen LogP contribution in [0.1, 0.15) is 59.6 Å². The third-order valence-corrected chi connectivity index (χ3v) is 6.06. The number of aliphatic hydroxyl groups excluding tert-OH is 2. The van der Waals surface area contributed by atoms with Gasteiger partial charge in [0.05, 0.1) is 0 Å². The molecule has 2 atom stereocenters. The van der Waals surface area contributed by atoms with Crippen LogP contribution < -0.4 is 0 Å². The maximum absolute atomic E-state index is 10.7. The summed E-state index contributed by atoms with van der Waals surface area (Å²) in [6.07, 6.45) is -3.28. The topological polar surface area (TPSA) is 136 Å². The number of aliphatic hydroxyl groups is 2. The molecule has 1 aromatic rings. The zero-order valence-electron chi connectivity index (χ0n) is 17.7. The molecule has 0 heterocycles. The molecule has 0 aliphatic carbocycles. The minimum absolute atomic E-state index is 0.0838. The molecule has 0 radical (unpaired) electrons. The van der Waals surface area contributed by atoms with Crippen LogP contribution in [0.25, 0.3) is 0 Å². The average molecular weight is 433 g/mol. The van der Waals surface area contributed by atoms with Gasteiger partial charge in [-0.1, -0.05) is 0 Å². The average Bonchev–Trinajstić information content (AvgIpc) is 2.58. The third kappa shape index (κ3) is 9.20. The standard InChI is InChI=1S/C18H32N3O7P/c1-12(2)26-29(27-13(3)4,28-14(5)6)20-19-18(23)11-17(22)15-7-9-16(10-8-15)21(24)25/h7-10,12-14,17-18,22-23,29H,11H2,1-6H3. The number of nitro benzene ring substituents is 1. The second kappa shape index (κ2) is 11.6. The molecule has 0 spiro atoms. The van der Waals surface area contributed by atoms with Gasteiger partial charge in [-0.3, -0.25) is 0 Å². The van der Waals surface area contributed by atoms with Crippen molar-refractivity contribution in [2.24, 2.45) is 10.00 Å². The van der Waals surface area contributed by atoms with Gasteiger partial charge in [-0.05, 0) is 0 Å². The minimum atomic E-state index is -3.56. The first-order chi connectivity index (χ1) is 13.4. The molecule has 0 aromatic heterocycles. The molecule has 0 amide bonds. The van der Waals surface area contributed by atoms with Gasteiger partial charge in [-0.2, -0.15) is 0 Å². The van der Waals surface area contributed by atoms with Crippen molar-refractivity contribution < 1.29 is 28.7 Å². The first kappa shape index (κ1) is 25.5. The van der Waals surface area contributed by atoms with Gasteiger partial charge in [0, 0.05) is 0 Å². The summed E-state index contributed by atoms with van der Waals surface area (Å²) in [6, 6.07) is 5.43. The molecule has 10 nitrogen and oxygen atoms in total. The normalized spacial score (nSPS) is 15.4. The van der Waals surface area contributed by atoms with Gasteiger partial charge < -0.3 is 0 Å². The van der Waals surface area contributed by atoms with Gasteiger partial charge in [0.15, 0.2) is 0 Å². The number of non-ortho nitro benzene ring substituents is 1. The Kier molecular flexibility index (Phi) is 10.2. The van der Waals surface area contributed by atoms with Gasteiger partial charge in [0.2, 0.25) is 0 Å². The number of rotatable bonds is 12. The molecule has 0 aliphatic heterocycles. The zero-order valence-corrected chi connectivity index (χ0v) is 18.7. The van der Waals surface area contributed by atoms with Crippen molar-refractivity contribution in [1.29, 1.82) is 0 Å². The van der Waals surface area contributed by atoms with Crippen LogP contribution in [0.4, 0.5) is 5.69 Å². The summed E-state index contributed by atoms with van der Waals surface area (Å²) in [4.78, 5) is 14.3. The molecule has 0 aliphatic rings. The first-order valence-corrected chi connectivity index (χ1v) is 11.2. The Bertz CT molecular complexity index is 641. The van der Waals surface area contributed by atoms with E-state index in [1.165, 1.54) is 24.3 Å². The molecule has 1 aromatic carbocycles. The predicted molar refractivity (Wildman–Crippen MR) is 111 cm³/mol. The Hall–Kier alpha value is -1.55. The van der Waals surface area contributed by atoms with Crippen molar-refractivity contribution in [2.75, 3.05) is 0 Å².